The number of methoxy groups -OCH3 is 1. The fourth-order valence-corrected chi connectivity index (χ4v) is 2.43. The van der Waals surface area contributed by atoms with E-state index in [9.17, 15) is 4.79 Å². The summed E-state index contributed by atoms with van der Waals surface area (Å²) in [7, 11) is 1.68. The number of ether oxygens (including phenoxy) is 1. The van der Waals surface area contributed by atoms with Crippen molar-refractivity contribution in [3.8, 4) is 0 Å². The van der Waals surface area contributed by atoms with Gasteiger partial charge in [0.25, 0.3) is 0 Å². The minimum atomic E-state index is -0.186. The zero-order chi connectivity index (χ0) is 14.5. The Morgan fingerprint density at radius 3 is 2.37 bits per heavy atom. The third kappa shape index (κ3) is 6.12. The van der Waals surface area contributed by atoms with E-state index in [2.05, 4.69) is 5.32 Å². The van der Waals surface area contributed by atoms with Crippen molar-refractivity contribution in [1.29, 1.82) is 0 Å². The summed E-state index contributed by atoms with van der Waals surface area (Å²) in [5, 5.41) is 2.89. The number of carbonyl (C=O) groups is 1. The molecule has 3 nitrogen and oxygen atoms in total. The van der Waals surface area contributed by atoms with E-state index in [1.165, 1.54) is 0 Å². The molecule has 0 aliphatic carbocycles. The lowest BCUT2D eigenvalue weighted by Crippen LogP contribution is -2.44. The number of carbonyl (C=O) groups excluding carboxylic acids is 1. The second-order valence-electron chi connectivity index (χ2n) is 5.58. The Kier molecular flexibility index (Phi) is 5.88. The minimum Gasteiger partial charge on any atom is -0.380 e. The van der Waals surface area contributed by atoms with E-state index in [1.54, 1.807) is 18.9 Å². The average molecular weight is 281 g/mol. The second-order valence-corrected chi connectivity index (χ2v) is 6.99. The molecule has 0 radical (unpaired) electrons. The van der Waals surface area contributed by atoms with Gasteiger partial charge in [0.15, 0.2) is 0 Å². The van der Waals surface area contributed by atoms with Crippen molar-refractivity contribution in [3.63, 3.8) is 0 Å². The third-order valence-electron chi connectivity index (χ3n) is 2.41. The summed E-state index contributed by atoms with van der Waals surface area (Å²) in [5.41, 5.74) is 0.951. The van der Waals surface area contributed by atoms with Crippen LogP contribution in [0.4, 0.5) is 0 Å². The molecule has 0 saturated carbocycles. The molecule has 1 aromatic carbocycles. The number of benzene rings is 1. The molecule has 4 heteroatoms. The van der Waals surface area contributed by atoms with Crippen molar-refractivity contribution < 1.29 is 9.53 Å². The largest absolute Gasteiger partial charge is 0.380 e. The Morgan fingerprint density at radius 2 is 1.89 bits per heavy atom. The van der Waals surface area contributed by atoms with Crippen molar-refractivity contribution in [2.45, 2.75) is 50.0 Å². The maximum Gasteiger partial charge on any atom is 0.233 e. The SMILES string of the molecule is COCc1ccc(S[C@@H](C)C(=O)NC(C)(C)C)cc1. The van der Waals surface area contributed by atoms with Gasteiger partial charge in [0.05, 0.1) is 11.9 Å². The van der Waals surface area contributed by atoms with Gasteiger partial charge in [0.1, 0.15) is 0 Å². The molecule has 0 heterocycles. The van der Waals surface area contributed by atoms with E-state index < -0.39 is 0 Å². The zero-order valence-corrected chi connectivity index (χ0v) is 13.1. The molecule has 0 unspecified atom stereocenters. The quantitative estimate of drug-likeness (QED) is 0.842. The first-order chi connectivity index (χ1) is 8.81. The molecule has 1 N–H and O–H groups in total. The summed E-state index contributed by atoms with van der Waals surface area (Å²) in [6.07, 6.45) is 0. The number of hydrogen-bond acceptors (Lipinski definition) is 3. The smallest absolute Gasteiger partial charge is 0.233 e. The fraction of sp³-hybridized carbons (Fsp3) is 0.533. The third-order valence-corrected chi connectivity index (χ3v) is 3.53. The van der Waals surface area contributed by atoms with Crippen LogP contribution in [-0.4, -0.2) is 23.8 Å². The summed E-state index contributed by atoms with van der Waals surface area (Å²) in [6.45, 7) is 8.51. The first kappa shape index (κ1) is 16.1. The predicted octanol–water partition coefficient (Wildman–Crippen LogP) is 3.23. The highest BCUT2D eigenvalue weighted by Crippen LogP contribution is 2.24. The number of rotatable bonds is 5. The zero-order valence-electron chi connectivity index (χ0n) is 12.3. The molecule has 0 spiro atoms. The molecule has 0 saturated heterocycles. The van der Waals surface area contributed by atoms with Gasteiger partial charge in [-0.2, -0.15) is 0 Å². The van der Waals surface area contributed by atoms with Crippen molar-refractivity contribution in [2.24, 2.45) is 0 Å². The highest BCUT2D eigenvalue weighted by molar-refractivity contribution is 8.00. The Labute approximate surface area is 120 Å². The lowest BCUT2D eigenvalue weighted by Gasteiger charge is -2.23. The molecule has 0 aliphatic rings. The van der Waals surface area contributed by atoms with Crippen LogP contribution < -0.4 is 5.32 Å². The molecule has 1 amide bonds. The van der Waals surface area contributed by atoms with Gasteiger partial charge >= 0.3 is 0 Å². The van der Waals surface area contributed by atoms with Gasteiger partial charge in [0.2, 0.25) is 5.91 Å². The van der Waals surface area contributed by atoms with Crippen molar-refractivity contribution in [1.82, 2.24) is 5.32 Å². The molecule has 1 atom stereocenters. The van der Waals surface area contributed by atoms with Gasteiger partial charge < -0.3 is 10.1 Å². The molecular weight excluding hydrogens is 258 g/mol. The van der Waals surface area contributed by atoms with Crippen LogP contribution in [0.5, 0.6) is 0 Å². The first-order valence-corrected chi connectivity index (χ1v) is 7.26. The van der Waals surface area contributed by atoms with Gasteiger partial charge in [-0.25, -0.2) is 0 Å². The van der Waals surface area contributed by atoms with E-state index in [0.717, 1.165) is 10.5 Å². The summed E-state index contributed by atoms with van der Waals surface area (Å²) >= 11 is 1.57. The molecule has 0 fully saturated rings. The van der Waals surface area contributed by atoms with Crippen molar-refractivity contribution in [2.75, 3.05) is 7.11 Å². The monoisotopic (exact) mass is 281 g/mol. The number of amides is 1. The fourth-order valence-electron chi connectivity index (χ4n) is 1.56. The molecule has 0 aromatic heterocycles. The van der Waals surface area contributed by atoms with Crippen LogP contribution in [0.1, 0.15) is 33.3 Å². The standard InChI is InChI=1S/C15H23NO2S/c1-11(14(17)16-15(2,3)4)19-13-8-6-12(7-9-13)10-18-5/h6-9,11H,10H2,1-5H3,(H,16,17)/t11-/m0/s1. The maximum atomic E-state index is 12.0. The van der Waals surface area contributed by atoms with Crippen LogP contribution in [0, 0.1) is 0 Å². The molecule has 1 aromatic rings. The van der Waals surface area contributed by atoms with Gasteiger partial charge in [-0.15, -0.1) is 11.8 Å². The number of thioether (sulfide) groups is 1. The Balaban J connectivity index is 2.56. The molecule has 0 aliphatic heterocycles. The van der Waals surface area contributed by atoms with Gasteiger partial charge in [-0.1, -0.05) is 12.1 Å². The van der Waals surface area contributed by atoms with Crippen LogP contribution in [-0.2, 0) is 16.1 Å². The topological polar surface area (TPSA) is 38.3 Å². The van der Waals surface area contributed by atoms with E-state index >= 15 is 0 Å². The van der Waals surface area contributed by atoms with Gasteiger partial charge in [0, 0.05) is 17.5 Å². The van der Waals surface area contributed by atoms with E-state index in [1.807, 2.05) is 52.0 Å². The van der Waals surface area contributed by atoms with Crippen molar-refractivity contribution >= 4 is 17.7 Å². The molecule has 1 rings (SSSR count). The molecule has 19 heavy (non-hydrogen) atoms. The maximum absolute atomic E-state index is 12.0. The normalized spacial score (nSPS) is 13.1. The Bertz CT molecular complexity index is 409. The Morgan fingerprint density at radius 1 is 1.32 bits per heavy atom. The summed E-state index contributed by atoms with van der Waals surface area (Å²) in [5.74, 6) is 0.0680. The van der Waals surface area contributed by atoms with Crippen molar-refractivity contribution in [3.05, 3.63) is 29.8 Å². The Hall–Kier alpha value is -1.00. The number of hydrogen-bond donors (Lipinski definition) is 1. The first-order valence-electron chi connectivity index (χ1n) is 6.38. The van der Waals surface area contributed by atoms with E-state index in [4.69, 9.17) is 4.74 Å². The lowest BCUT2D eigenvalue weighted by molar-refractivity contribution is -0.121. The highest BCUT2D eigenvalue weighted by Gasteiger charge is 2.19. The van der Waals surface area contributed by atoms with Crippen LogP contribution in [0.25, 0.3) is 0 Å². The van der Waals surface area contributed by atoms with Crippen LogP contribution >= 0.6 is 11.8 Å². The molecular formula is C15H23NO2S. The predicted molar refractivity (Wildman–Crippen MR) is 80.4 cm³/mol. The van der Waals surface area contributed by atoms with Crippen LogP contribution in [0.15, 0.2) is 29.2 Å². The minimum absolute atomic E-state index is 0.0680. The van der Waals surface area contributed by atoms with E-state index in [-0.39, 0.29) is 16.7 Å². The lowest BCUT2D eigenvalue weighted by atomic mass is 10.1. The second kappa shape index (κ2) is 6.96. The highest BCUT2D eigenvalue weighted by atomic mass is 32.2. The summed E-state index contributed by atoms with van der Waals surface area (Å²) in [6, 6.07) is 8.11. The average Bonchev–Trinajstić information content (AvgIpc) is 2.29. The summed E-state index contributed by atoms with van der Waals surface area (Å²) < 4.78 is 5.07. The molecule has 0 bridgehead atoms. The van der Waals surface area contributed by atoms with Gasteiger partial charge in [-0.3, -0.25) is 4.79 Å². The molecule has 106 valence electrons. The van der Waals surface area contributed by atoms with Gasteiger partial charge in [-0.05, 0) is 45.4 Å². The number of nitrogens with one attached hydrogen (secondary N) is 1. The summed E-state index contributed by atoms with van der Waals surface area (Å²) in [4.78, 5) is 13.1. The van der Waals surface area contributed by atoms with Crippen LogP contribution in [0.3, 0.4) is 0 Å². The van der Waals surface area contributed by atoms with E-state index in [0.29, 0.717) is 6.61 Å². The van der Waals surface area contributed by atoms with Crippen LogP contribution in [0.2, 0.25) is 0 Å².